The van der Waals surface area contributed by atoms with Crippen molar-refractivity contribution >= 4 is 99.6 Å². The molecule has 54 valence electrons. The van der Waals surface area contributed by atoms with Crippen molar-refractivity contribution in [2.75, 3.05) is 0 Å². The molecule has 0 saturated carbocycles. The second kappa shape index (κ2) is 6.09. The summed E-state index contributed by atoms with van der Waals surface area (Å²) in [6, 6.07) is 0. The number of alkyl halides is 3. The number of hydrogen-bond acceptors (Lipinski definition) is 1. The van der Waals surface area contributed by atoms with Crippen molar-refractivity contribution < 1.29 is 9.90 Å². The van der Waals surface area contributed by atoms with E-state index in [1.807, 2.05) is 0 Å². The molecule has 0 saturated heterocycles. The Morgan fingerprint density at radius 1 is 1.44 bits per heavy atom. The summed E-state index contributed by atoms with van der Waals surface area (Å²) < 4.78 is -0.168. The van der Waals surface area contributed by atoms with Crippen molar-refractivity contribution in [3.8, 4) is 0 Å². The van der Waals surface area contributed by atoms with Gasteiger partial charge in [-0.25, -0.2) is 0 Å². The average Bonchev–Trinajstić information content (AvgIpc) is 1.21. The van der Waals surface area contributed by atoms with Crippen molar-refractivity contribution in [3.63, 3.8) is 0 Å². The van der Waals surface area contributed by atoms with Crippen LogP contribution in [0.25, 0.3) is 0 Å². The second-order valence-corrected chi connectivity index (χ2v) is 12.9. The first-order valence-corrected chi connectivity index (χ1v) is 4.94. The first-order chi connectivity index (χ1) is 3.42. The Morgan fingerprint density at radius 2 is 1.78 bits per heavy atom. The third-order valence-electron chi connectivity index (χ3n) is 0.352. The molecule has 0 aliphatic rings. The maximum absolute atomic E-state index is 10.0. The minimum atomic E-state index is -0.747. The average molecular weight is 570 g/mol. The van der Waals surface area contributed by atoms with E-state index >= 15 is 0 Å². The van der Waals surface area contributed by atoms with E-state index < -0.39 is 5.97 Å². The molecule has 0 heterocycles. The van der Waals surface area contributed by atoms with E-state index in [1.54, 1.807) is 0 Å². The van der Waals surface area contributed by atoms with Gasteiger partial charge in [0, 0.05) is 0 Å². The van der Waals surface area contributed by atoms with Gasteiger partial charge in [0.25, 0.3) is 0 Å². The van der Waals surface area contributed by atoms with Crippen molar-refractivity contribution in [1.82, 2.24) is 0 Å². The number of halogens is 3. The van der Waals surface area contributed by atoms with E-state index in [-0.39, 0.29) is 31.7 Å². The molecule has 0 aromatic carbocycles. The molecule has 9 heavy (non-hydrogen) atoms. The van der Waals surface area contributed by atoms with E-state index in [2.05, 4.69) is 67.8 Å². The van der Waals surface area contributed by atoms with E-state index in [0.717, 1.165) is 0 Å². The van der Waals surface area contributed by atoms with Crippen molar-refractivity contribution in [2.45, 2.75) is 5.86 Å². The molecule has 1 N–H and O–H groups in total. The van der Waals surface area contributed by atoms with E-state index in [9.17, 15) is 4.79 Å². The van der Waals surface area contributed by atoms with E-state index in [4.69, 9.17) is 5.11 Å². The summed E-state index contributed by atoms with van der Waals surface area (Å²) in [5, 5.41) is 8.23. The molecule has 0 aromatic rings. The Kier molecular flexibility index (Phi) is 9.53. The first-order valence-electron chi connectivity index (χ1n) is 1.70. The fourth-order valence-electron chi connectivity index (χ4n) is 0.171. The third kappa shape index (κ3) is 13.5. The number of carboxylic acids is 1. The number of aliphatic carboxylic acids is 1. The fraction of sp³-hybridized carbons (Fsp3) is 0.667. The predicted octanol–water partition coefficient (Wildman–Crippen LogP) is 1.24. The molecule has 0 amide bonds. The van der Waals surface area contributed by atoms with Gasteiger partial charge in [-0.3, -0.25) is 4.79 Å². The van der Waals surface area contributed by atoms with Crippen LogP contribution in [-0.2, 0) is 4.79 Å². The van der Waals surface area contributed by atoms with Gasteiger partial charge < -0.3 is 5.11 Å². The van der Waals surface area contributed by atoms with Crippen LogP contribution in [-0.4, -0.2) is 36.4 Å². The Labute approximate surface area is 113 Å². The Hall–Kier alpha value is 2.53. The monoisotopic (exact) mass is 570 g/mol. The fourth-order valence-corrected chi connectivity index (χ4v) is 1.15. The molecule has 0 spiro atoms. The molecule has 2 nitrogen and oxygen atoms in total. The molecule has 0 rings (SSSR count). The molecule has 0 aromatic heterocycles. The SMILES string of the molecule is O=C(O)CC(I)(I)I.[InH3]. The summed E-state index contributed by atoms with van der Waals surface area (Å²) in [4.78, 5) is 10.0. The molecule has 0 atom stereocenters. The van der Waals surface area contributed by atoms with Crippen LogP contribution < -0.4 is 0 Å². The molecule has 0 bridgehead atoms. The van der Waals surface area contributed by atoms with Crippen LogP contribution in [0, 0.1) is 0 Å². The number of hydrogen-bond donors (Lipinski definition) is 1. The van der Waals surface area contributed by atoms with Gasteiger partial charge in [-0.15, -0.1) is 0 Å². The zero-order valence-electron chi connectivity index (χ0n) is 3.70. The topological polar surface area (TPSA) is 37.3 Å². The first kappa shape index (κ1) is 14.1. The van der Waals surface area contributed by atoms with Crippen LogP contribution in [0.5, 0.6) is 0 Å². The van der Waals surface area contributed by atoms with Crippen LogP contribution in [0.3, 0.4) is 0 Å². The van der Waals surface area contributed by atoms with Gasteiger partial charge in [0.1, 0.15) is -0.565 Å². The van der Waals surface area contributed by atoms with Crippen molar-refractivity contribution in [1.29, 1.82) is 0 Å². The van der Waals surface area contributed by atoms with Crippen molar-refractivity contribution in [2.24, 2.45) is 0 Å². The molecule has 0 aliphatic heterocycles. The Morgan fingerprint density at radius 3 is 1.78 bits per heavy atom. The van der Waals surface area contributed by atoms with Crippen LogP contribution in [0.15, 0.2) is 0 Å². The normalized spacial score (nSPS) is 10.1. The summed E-state index contributed by atoms with van der Waals surface area (Å²) in [5.74, 6) is -0.747. The Bertz CT molecular complexity index is 99.7. The maximum atomic E-state index is 10.0. The third-order valence-corrected chi connectivity index (χ3v) is 1.50. The summed E-state index contributed by atoms with van der Waals surface area (Å²) >= 11 is 6.25. The zero-order valence-corrected chi connectivity index (χ0v) is 10.2. The molecule has 0 aliphatic carbocycles. The van der Waals surface area contributed by atoms with Gasteiger partial charge >= 0.3 is 31.8 Å². The minimum absolute atomic E-state index is 0. The van der Waals surface area contributed by atoms with Gasteiger partial charge in [0.2, 0.25) is 0 Å². The summed E-state index contributed by atoms with van der Waals surface area (Å²) in [6.45, 7) is 0. The van der Waals surface area contributed by atoms with Gasteiger partial charge in [0.05, 0.1) is 6.42 Å². The molecular weight excluding hydrogens is 564 g/mol. The summed E-state index contributed by atoms with van der Waals surface area (Å²) in [7, 11) is 0. The predicted molar refractivity (Wildman–Crippen MR) is 67.0 cm³/mol. The van der Waals surface area contributed by atoms with Gasteiger partial charge in [-0.05, 0) is 0 Å². The standard InChI is InChI=1S/C3H3I3O2.In.3H/c4-3(5,6)1-2(7)8;;;;/h1H2,(H,7,8);;;;. The van der Waals surface area contributed by atoms with Gasteiger partial charge in [0.15, 0.2) is 0 Å². The Balaban J connectivity index is 0. The van der Waals surface area contributed by atoms with E-state index in [0.29, 0.717) is 0 Å². The molecule has 0 unspecified atom stereocenters. The molecular formula is C3H6I3InO2. The van der Waals surface area contributed by atoms with Crippen LogP contribution >= 0.6 is 67.8 Å². The number of carboxylic acid groups (broad SMARTS) is 1. The summed E-state index contributed by atoms with van der Waals surface area (Å²) in [5.41, 5.74) is 0. The number of rotatable bonds is 2. The summed E-state index contributed by atoms with van der Waals surface area (Å²) in [6.07, 6.45) is 0.203. The van der Waals surface area contributed by atoms with Crippen LogP contribution in [0.4, 0.5) is 0 Å². The van der Waals surface area contributed by atoms with Crippen LogP contribution in [0.2, 0.25) is 0 Å². The molecule has 6 heteroatoms. The molecule has 0 fully saturated rings. The van der Waals surface area contributed by atoms with Crippen LogP contribution in [0.1, 0.15) is 6.42 Å². The van der Waals surface area contributed by atoms with E-state index in [1.165, 1.54) is 0 Å². The van der Waals surface area contributed by atoms with Gasteiger partial charge in [-0.1, -0.05) is 67.8 Å². The second-order valence-electron chi connectivity index (χ2n) is 1.19. The quantitative estimate of drug-likeness (QED) is 0.402. The molecule has 0 radical (unpaired) electrons. The number of carbonyl (C=O) groups is 1. The zero-order chi connectivity index (χ0) is 6.78. The van der Waals surface area contributed by atoms with Gasteiger partial charge in [-0.2, -0.15) is 0 Å². The van der Waals surface area contributed by atoms with Crippen molar-refractivity contribution in [3.05, 3.63) is 0 Å².